The Balaban J connectivity index is 1.70. The van der Waals surface area contributed by atoms with Gasteiger partial charge >= 0.3 is 0 Å². The van der Waals surface area contributed by atoms with Gasteiger partial charge in [-0.1, -0.05) is 6.92 Å². The zero-order valence-corrected chi connectivity index (χ0v) is 12.1. The number of rotatable bonds is 7. The number of aryl methyl sites for hydroxylation is 1. The lowest BCUT2D eigenvalue weighted by atomic mass is 10.3. The number of nitrogens with zero attached hydrogens (tertiary/aromatic N) is 2. The zero-order valence-electron chi connectivity index (χ0n) is 10.4. The lowest BCUT2D eigenvalue weighted by Gasteiger charge is -2.01. The Morgan fingerprint density at radius 3 is 3.06 bits per heavy atom. The van der Waals surface area contributed by atoms with Gasteiger partial charge in [-0.15, -0.1) is 21.5 Å². The fraction of sp³-hybridized carbons (Fsp3) is 0.833. The monoisotopic (exact) mass is 271 g/mol. The van der Waals surface area contributed by atoms with Crippen LogP contribution in [0.5, 0.6) is 0 Å². The predicted octanol–water partition coefficient (Wildman–Crippen LogP) is 3.04. The van der Waals surface area contributed by atoms with Crippen molar-refractivity contribution >= 4 is 23.1 Å². The van der Waals surface area contributed by atoms with Gasteiger partial charge in [-0.3, -0.25) is 0 Å². The molecule has 0 aliphatic carbocycles. The molecule has 0 aromatic carbocycles. The highest BCUT2D eigenvalue weighted by atomic mass is 32.2. The minimum atomic E-state index is 0.638. The Labute approximate surface area is 112 Å². The van der Waals surface area contributed by atoms with Crippen molar-refractivity contribution in [3.8, 4) is 0 Å². The molecular weight excluding hydrogens is 250 g/mol. The molecule has 0 bridgehead atoms. The number of hydrogen-bond donors (Lipinski definition) is 1. The van der Waals surface area contributed by atoms with Crippen molar-refractivity contribution in [3.63, 3.8) is 0 Å². The van der Waals surface area contributed by atoms with Crippen molar-refractivity contribution in [2.75, 3.05) is 18.8 Å². The zero-order chi connectivity index (χ0) is 11.9. The van der Waals surface area contributed by atoms with Crippen LogP contribution < -0.4 is 5.32 Å². The van der Waals surface area contributed by atoms with Gasteiger partial charge in [0.05, 0.1) is 5.25 Å². The van der Waals surface area contributed by atoms with E-state index in [2.05, 4.69) is 22.4 Å². The molecule has 96 valence electrons. The molecule has 0 saturated carbocycles. The second kappa shape index (κ2) is 7.34. The van der Waals surface area contributed by atoms with Crippen molar-refractivity contribution in [2.24, 2.45) is 0 Å². The van der Waals surface area contributed by atoms with Crippen LogP contribution in [0.3, 0.4) is 0 Å². The summed E-state index contributed by atoms with van der Waals surface area (Å²) in [6.45, 7) is 4.42. The summed E-state index contributed by atoms with van der Waals surface area (Å²) in [6, 6.07) is 0. The van der Waals surface area contributed by atoms with Crippen LogP contribution >= 0.6 is 23.1 Å². The molecule has 3 nitrogen and oxygen atoms in total. The van der Waals surface area contributed by atoms with Crippen LogP contribution in [0.4, 0.5) is 0 Å². The molecule has 0 radical (unpaired) electrons. The third-order valence-corrected chi connectivity index (χ3v) is 5.49. The first-order chi connectivity index (χ1) is 8.40. The van der Waals surface area contributed by atoms with E-state index in [0.29, 0.717) is 5.25 Å². The van der Waals surface area contributed by atoms with Gasteiger partial charge in [0, 0.05) is 6.42 Å². The van der Waals surface area contributed by atoms with Crippen LogP contribution in [-0.4, -0.2) is 29.0 Å². The molecule has 5 heteroatoms. The first kappa shape index (κ1) is 13.3. The molecule has 0 amide bonds. The van der Waals surface area contributed by atoms with Crippen LogP contribution in [0.25, 0.3) is 0 Å². The predicted molar refractivity (Wildman–Crippen MR) is 75.8 cm³/mol. The van der Waals surface area contributed by atoms with E-state index >= 15 is 0 Å². The molecule has 1 aromatic rings. The van der Waals surface area contributed by atoms with Crippen LogP contribution in [0.2, 0.25) is 0 Å². The quantitative estimate of drug-likeness (QED) is 0.774. The van der Waals surface area contributed by atoms with E-state index < -0.39 is 0 Å². The minimum Gasteiger partial charge on any atom is -0.317 e. The summed E-state index contributed by atoms with van der Waals surface area (Å²) in [5.74, 6) is 1.29. The molecule has 1 N–H and O–H groups in total. The summed E-state index contributed by atoms with van der Waals surface area (Å²) < 4.78 is 0. The average molecular weight is 271 g/mol. The second-order valence-corrected chi connectivity index (χ2v) is 6.79. The summed E-state index contributed by atoms with van der Waals surface area (Å²) in [7, 11) is 0. The molecule has 1 aromatic heterocycles. The Morgan fingerprint density at radius 2 is 2.29 bits per heavy atom. The highest BCUT2D eigenvalue weighted by Crippen LogP contribution is 2.40. The standard InChI is InChI=1S/C12H21N3S2/c1-2-7-13-8-3-6-11-14-15-12(17-11)10-5-4-9-16-10/h10,13H,2-9H2,1H3. The molecule has 0 spiro atoms. The molecule has 2 rings (SSSR count). The van der Waals surface area contributed by atoms with Gasteiger partial charge in [0.1, 0.15) is 10.0 Å². The summed E-state index contributed by atoms with van der Waals surface area (Å²) in [5.41, 5.74) is 0. The van der Waals surface area contributed by atoms with Gasteiger partial charge in [0.2, 0.25) is 0 Å². The molecule has 1 saturated heterocycles. The first-order valence-electron chi connectivity index (χ1n) is 6.54. The Kier molecular flexibility index (Phi) is 5.74. The van der Waals surface area contributed by atoms with E-state index in [-0.39, 0.29) is 0 Å². The van der Waals surface area contributed by atoms with Gasteiger partial charge in [-0.05, 0) is 44.5 Å². The number of aromatic nitrogens is 2. The molecule has 1 aliphatic rings. The maximum Gasteiger partial charge on any atom is 0.130 e. The highest BCUT2D eigenvalue weighted by molar-refractivity contribution is 7.99. The summed E-state index contributed by atoms with van der Waals surface area (Å²) in [4.78, 5) is 0. The van der Waals surface area contributed by atoms with Crippen molar-refractivity contribution in [2.45, 2.75) is 44.3 Å². The topological polar surface area (TPSA) is 37.8 Å². The minimum absolute atomic E-state index is 0.638. The summed E-state index contributed by atoms with van der Waals surface area (Å²) in [5, 5.41) is 15.2. The van der Waals surface area contributed by atoms with Gasteiger partial charge in [0.15, 0.2) is 0 Å². The van der Waals surface area contributed by atoms with Crippen LogP contribution in [0.15, 0.2) is 0 Å². The largest absolute Gasteiger partial charge is 0.317 e. The van der Waals surface area contributed by atoms with Crippen LogP contribution in [0, 0.1) is 0 Å². The SMILES string of the molecule is CCCNCCCc1nnc(C2CCCS2)s1. The van der Waals surface area contributed by atoms with Gasteiger partial charge < -0.3 is 5.32 Å². The number of nitrogens with one attached hydrogen (secondary N) is 1. The molecular formula is C12H21N3S2. The second-order valence-electron chi connectivity index (χ2n) is 4.39. The van der Waals surface area contributed by atoms with E-state index in [1.165, 1.54) is 41.5 Å². The van der Waals surface area contributed by atoms with E-state index in [1.807, 2.05) is 23.1 Å². The van der Waals surface area contributed by atoms with Crippen molar-refractivity contribution < 1.29 is 0 Å². The van der Waals surface area contributed by atoms with Gasteiger partial charge in [0.25, 0.3) is 0 Å². The normalized spacial score (nSPS) is 19.9. The van der Waals surface area contributed by atoms with Crippen molar-refractivity contribution in [3.05, 3.63) is 10.0 Å². The lowest BCUT2D eigenvalue weighted by molar-refractivity contribution is 0.637. The Hall–Kier alpha value is -0.130. The average Bonchev–Trinajstić information content (AvgIpc) is 2.99. The van der Waals surface area contributed by atoms with Gasteiger partial charge in [-0.2, -0.15) is 11.8 Å². The van der Waals surface area contributed by atoms with E-state index in [4.69, 9.17) is 0 Å². The van der Waals surface area contributed by atoms with E-state index in [9.17, 15) is 0 Å². The third kappa shape index (κ3) is 4.23. The molecule has 1 atom stereocenters. The van der Waals surface area contributed by atoms with Crippen LogP contribution in [-0.2, 0) is 6.42 Å². The molecule has 1 unspecified atom stereocenters. The van der Waals surface area contributed by atoms with Crippen molar-refractivity contribution in [1.82, 2.24) is 15.5 Å². The fourth-order valence-corrected chi connectivity index (χ4v) is 4.33. The third-order valence-electron chi connectivity index (χ3n) is 2.86. The number of hydrogen-bond acceptors (Lipinski definition) is 5. The van der Waals surface area contributed by atoms with Crippen LogP contribution in [0.1, 0.15) is 47.9 Å². The Morgan fingerprint density at radius 1 is 1.35 bits per heavy atom. The van der Waals surface area contributed by atoms with E-state index in [0.717, 1.165) is 19.5 Å². The molecule has 1 fully saturated rings. The smallest absolute Gasteiger partial charge is 0.130 e. The molecule has 17 heavy (non-hydrogen) atoms. The fourth-order valence-electron chi connectivity index (χ4n) is 1.94. The Bertz CT molecular complexity index is 321. The van der Waals surface area contributed by atoms with E-state index in [1.54, 1.807) is 0 Å². The van der Waals surface area contributed by atoms with Crippen molar-refractivity contribution in [1.29, 1.82) is 0 Å². The summed E-state index contributed by atoms with van der Waals surface area (Å²) in [6.07, 6.45) is 6.09. The maximum atomic E-state index is 4.34. The summed E-state index contributed by atoms with van der Waals surface area (Å²) >= 11 is 3.86. The number of thioether (sulfide) groups is 1. The molecule has 1 aliphatic heterocycles. The van der Waals surface area contributed by atoms with Gasteiger partial charge in [-0.25, -0.2) is 0 Å². The first-order valence-corrected chi connectivity index (χ1v) is 8.41. The maximum absolute atomic E-state index is 4.34. The highest BCUT2D eigenvalue weighted by Gasteiger charge is 2.21. The lowest BCUT2D eigenvalue weighted by Crippen LogP contribution is -2.16. The molecule has 2 heterocycles.